The summed E-state index contributed by atoms with van der Waals surface area (Å²) in [6.45, 7) is 6.34. The molecule has 108 valence electrons. The van der Waals surface area contributed by atoms with Crippen LogP contribution < -0.4 is 5.73 Å². The second-order valence-electron chi connectivity index (χ2n) is 5.55. The van der Waals surface area contributed by atoms with E-state index in [1.165, 1.54) is 0 Å². The number of hydrogen-bond donors (Lipinski definition) is 1. The van der Waals surface area contributed by atoms with Crippen LogP contribution in [0.4, 0.5) is 5.69 Å². The molecule has 0 bridgehead atoms. The highest BCUT2D eigenvalue weighted by molar-refractivity contribution is 7.84. The molecule has 1 aromatic carbocycles. The fourth-order valence-corrected chi connectivity index (χ4v) is 4.13. The van der Waals surface area contributed by atoms with Crippen LogP contribution in [0.1, 0.15) is 31.5 Å². The van der Waals surface area contributed by atoms with Crippen LogP contribution in [0.3, 0.4) is 0 Å². The van der Waals surface area contributed by atoms with E-state index in [1.54, 1.807) is 29.5 Å². The summed E-state index contributed by atoms with van der Waals surface area (Å²) in [6.07, 6.45) is 0. The summed E-state index contributed by atoms with van der Waals surface area (Å²) in [5.74, 6) is 0.404. The largest absolute Gasteiger partial charge is 0.398 e. The number of benzene rings is 1. The Balaban J connectivity index is 2.15. The fraction of sp³-hybridized carbons (Fsp3) is 0.357. The quantitative estimate of drug-likeness (QED) is 0.867. The van der Waals surface area contributed by atoms with Gasteiger partial charge in [0.05, 0.1) is 33.0 Å². The Morgan fingerprint density at radius 3 is 2.65 bits per heavy atom. The first-order valence-corrected chi connectivity index (χ1v) is 8.73. The Morgan fingerprint density at radius 1 is 1.40 bits per heavy atom. The van der Waals surface area contributed by atoms with Crippen molar-refractivity contribution in [1.82, 2.24) is 4.98 Å². The molecule has 2 aromatic rings. The Kier molecular flexibility index (Phi) is 4.52. The molecule has 1 unspecified atom stereocenters. The minimum atomic E-state index is -1.16. The van der Waals surface area contributed by atoms with Crippen molar-refractivity contribution in [2.45, 2.75) is 36.8 Å². The van der Waals surface area contributed by atoms with Gasteiger partial charge in [-0.25, -0.2) is 4.98 Å². The zero-order valence-corrected chi connectivity index (χ0v) is 14.0. The molecule has 2 rings (SSSR count). The number of anilines is 1. The third-order valence-corrected chi connectivity index (χ3v) is 5.48. The third-order valence-electron chi connectivity index (χ3n) is 2.81. The van der Waals surface area contributed by atoms with Gasteiger partial charge in [0, 0.05) is 15.7 Å². The molecule has 1 aromatic heterocycles. The zero-order chi connectivity index (χ0) is 14.9. The van der Waals surface area contributed by atoms with Crippen LogP contribution in [-0.2, 0) is 22.0 Å². The smallest absolute Gasteiger partial charge is 0.106 e. The molecule has 0 fully saturated rings. The summed E-state index contributed by atoms with van der Waals surface area (Å²) in [5.41, 5.74) is 7.20. The van der Waals surface area contributed by atoms with E-state index in [4.69, 9.17) is 17.3 Å². The van der Waals surface area contributed by atoms with Gasteiger partial charge in [0.2, 0.25) is 0 Å². The second-order valence-corrected chi connectivity index (χ2v) is 8.35. The predicted molar refractivity (Wildman–Crippen MR) is 86.8 cm³/mol. The number of halogens is 1. The van der Waals surface area contributed by atoms with Gasteiger partial charge in [-0.15, -0.1) is 11.3 Å². The molecule has 1 atom stereocenters. The fourth-order valence-electron chi connectivity index (χ4n) is 1.57. The molecule has 20 heavy (non-hydrogen) atoms. The van der Waals surface area contributed by atoms with Crippen molar-refractivity contribution in [2.24, 2.45) is 0 Å². The molecule has 2 N–H and O–H groups in total. The van der Waals surface area contributed by atoms with E-state index in [-0.39, 0.29) is 5.41 Å². The average Bonchev–Trinajstić information content (AvgIpc) is 2.81. The van der Waals surface area contributed by atoms with Gasteiger partial charge in [-0.1, -0.05) is 32.4 Å². The Labute approximate surface area is 130 Å². The highest BCUT2D eigenvalue weighted by Crippen LogP contribution is 2.26. The normalized spacial score (nSPS) is 13.4. The molecule has 0 saturated carbocycles. The number of hydrogen-bond acceptors (Lipinski definition) is 4. The van der Waals surface area contributed by atoms with Crippen molar-refractivity contribution in [3.05, 3.63) is 39.3 Å². The lowest BCUT2D eigenvalue weighted by molar-refractivity contribution is 0.571. The van der Waals surface area contributed by atoms with E-state index in [0.717, 1.165) is 10.7 Å². The average molecular weight is 329 g/mol. The molecule has 0 aliphatic rings. The van der Waals surface area contributed by atoms with Gasteiger partial charge in [0.15, 0.2) is 0 Å². The van der Waals surface area contributed by atoms with Crippen molar-refractivity contribution in [2.75, 3.05) is 5.73 Å². The number of nitrogens with two attached hydrogens (primary N) is 1. The minimum absolute atomic E-state index is 0.0146. The van der Waals surface area contributed by atoms with Crippen LogP contribution in [0.25, 0.3) is 0 Å². The lowest BCUT2D eigenvalue weighted by atomic mass is 9.93. The summed E-state index contributed by atoms with van der Waals surface area (Å²) in [4.78, 5) is 5.23. The monoisotopic (exact) mass is 328 g/mol. The van der Waals surface area contributed by atoms with E-state index in [1.807, 2.05) is 5.38 Å². The third kappa shape index (κ3) is 3.59. The van der Waals surface area contributed by atoms with Crippen molar-refractivity contribution in [3.63, 3.8) is 0 Å². The summed E-state index contributed by atoms with van der Waals surface area (Å²) < 4.78 is 12.3. The van der Waals surface area contributed by atoms with E-state index in [2.05, 4.69) is 25.8 Å². The van der Waals surface area contributed by atoms with Crippen LogP contribution in [0.2, 0.25) is 5.02 Å². The first-order valence-electron chi connectivity index (χ1n) is 6.15. The SMILES string of the molecule is CC(C)(C)c1csc(CS(=O)c2ccc(N)c(Cl)c2)n1. The molecular formula is C14H17ClN2OS2. The number of nitrogens with zero attached hydrogens (tertiary/aromatic N) is 1. The molecule has 6 heteroatoms. The molecular weight excluding hydrogens is 312 g/mol. The number of aromatic nitrogens is 1. The maximum absolute atomic E-state index is 12.3. The van der Waals surface area contributed by atoms with Crippen LogP contribution in [0, 0.1) is 0 Å². The standard InChI is InChI=1S/C14H17ClN2OS2/c1-14(2,3)12-7-19-13(17-12)8-20(18)9-4-5-11(16)10(15)6-9/h4-7H,8,16H2,1-3H3. The lowest BCUT2D eigenvalue weighted by Crippen LogP contribution is -2.11. The maximum atomic E-state index is 12.3. The highest BCUT2D eigenvalue weighted by Gasteiger charge is 2.18. The summed E-state index contributed by atoms with van der Waals surface area (Å²) in [7, 11) is -1.16. The van der Waals surface area contributed by atoms with Gasteiger partial charge < -0.3 is 5.73 Å². The van der Waals surface area contributed by atoms with E-state index < -0.39 is 10.8 Å². The van der Waals surface area contributed by atoms with E-state index in [9.17, 15) is 4.21 Å². The van der Waals surface area contributed by atoms with Crippen LogP contribution in [-0.4, -0.2) is 9.19 Å². The molecule has 0 radical (unpaired) electrons. The number of rotatable bonds is 3. The van der Waals surface area contributed by atoms with Gasteiger partial charge in [-0.2, -0.15) is 0 Å². The van der Waals surface area contributed by atoms with Crippen molar-refractivity contribution in [1.29, 1.82) is 0 Å². The second kappa shape index (κ2) is 5.84. The lowest BCUT2D eigenvalue weighted by Gasteiger charge is -2.14. The Hall–Kier alpha value is -0.910. The van der Waals surface area contributed by atoms with Gasteiger partial charge in [0.1, 0.15) is 5.01 Å². The molecule has 0 spiro atoms. The van der Waals surface area contributed by atoms with Gasteiger partial charge in [-0.05, 0) is 18.2 Å². The summed E-state index contributed by atoms with van der Waals surface area (Å²) in [5, 5.41) is 3.34. The summed E-state index contributed by atoms with van der Waals surface area (Å²) >= 11 is 7.50. The molecule has 0 aliphatic carbocycles. The topological polar surface area (TPSA) is 56.0 Å². The van der Waals surface area contributed by atoms with Crippen molar-refractivity contribution >= 4 is 39.4 Å². The van der Waals surface area contributed by atoms with Crippen LogP contribution in [0.5, 0.6) is 0 Å². The van der Waals surface area contributed by atoms with Crippen LogP contribution >= 0.6 is 22.9 Å². The number of nitrogen functional groups attached to an aromatic ring is 1. The summed E-state index contributed by atoms with van der Waals surface area (Å²) in [6, 6.07) is 5.08. The zero-order valence-electron chi connectivity index (χ0n) is 11.6. The van der Waals surface area contributed by atoms with Gasteiger partial charge in [-0.3, -0.25) is 4.21 Å². The van der Waals surface area contributed by atoms with Crippen LogP contribution in [0.15, 0.2) is 28.5 Å². The molecule has 1 heterocycles. The minimum Gasteiger partial charge on any atom is -0.398 e. The first-order chi connectivity index (χ1) is 9.27. The van der Waals surface area contributed by atoms with Crippen molar-refractivity contribution < 1.29 is 4.21 Å². The van der Waals surface area contributed by atoms with E-state index in [0.29, 0.717) is 21.4 Å². The molecule has 0 amide bonds. The highest BCUT2D eigenvalue weighted by atomic mass is 35.5. The first kappa shape index (κ1) is 15.5. The Bertz CT molecular complexity index is 647. The van der Waals surface area contributed by atoms with Gasteiger partial charge >= 0.3 is 0 Å². The maximum Gasteiger partial charge on any atom is 0.106 e. The number of thiazole rings is 1. The molecule has 0 aliphatic heterocycles. The van der Waals surface area contributed by atoms with Gasteiger partial charge in [0.25, 0.3) is 0 Å². The van der Waals surface area contributed by atoms with E-state index >= 15 is 0 Å². The molecule has 0 saturated heterocycles. The molecule has 3 nitrogen and oxygen atoms in total. The Morgan fingerprint density at radius 2 is 2.10 bits per heavy atom. The van der Waals surface area contributed by atoms with Crippen molar-refractivity contribution in [3.8, 4) is 0 Å². The predicted octanol–water partition coefficient (Wildman–Crippen LogP) is 3.98.